The molecule has 21 heavy (non-hydrogen) atoms. The molecule has 0 aromatic heterocycles. The quantitative estimate of drug-likeness (QED) is 0.907. The Morgan fingerprint density at radius 2 is 2.10 bits per heavy atom. The molecule has 1 saturated heterocycles. The van der Waals surface area contributed by atoms with Gasteiger partial charge in [0.15, 0.2) is 0 Å². The highest BCUT2D eigenvalue weighted by molar-refractivity contribution is 7.89. The number of anilines is 1. The molecule has 0 aliphatic carbocycles. The number of halogens is 1. The largest absolute Gasteiger partial charge is 0.378 e. The first-order valence-electron chi connectivity index (χ1n) is 6.90. The van der Waals surface area contributed by atoms with Gasteiger partial charge in [-0.1, -0.05) is 6.07 Å². The average molecular weight is 315 g/mol. The van der Waals surface area contributed by atoms with Crippen LogP contribution in [0.5, 0.6) is 0 Å². The number of rotatable bonds is 3. The molecule has 7 heteroatoms. The lowest BCUT2D eigenvalue weighted by molar-refractivity contribution is 0.166. The molecular weight excluding hydrogens is 293 g/mol. The summed E-state index contributed by atoms with van der Waals surface area (Å²) in [5.41, 5.74) is -0.769. The van der Waals surface area contributed by atoms with Gasteiger partial charge in [-0.15, -0.1) is 0 Å². The van der Waals surface area contributed by atoms with Gasteiger partial charge in [0, 0.05) is 46.0 Å². The Labute approximate surface area is 125 Å². The van der Waals surface area contributed by atoms with E-state index in [4.69, 9.17) is 0 Å². The molecular formula is C14H22FN3O2S. The summed E-state index contributed by atoms with van der Waals surface area (Å²) in [6.45, 7) is 2.18. The predicted molar refractivity (Wildman–Crippen MR) is 81.9 cm³/mol. The van der Waals surface area contributed by atoms with Crippen molar-refractivity contribution in [2.24, 2.45) is 0 Å². The van der Waals surface area contributed by atoms with Crippen LogP contribution in [0.3, 0.4) is 0 Å². The van der Waals surface area contributed by atoms with E-state index in [1.54, 1.807) is 18.2 Å². The summed E-state index contributed by atoms with van der Waals surface area (Å²) in [5.74, 6) is 0. The number of nitrogens with one attached hydrogen (secondary N) is 1. The Kier molecular flexibility index (Phi) is 4.55. The zero-order chi connectivity index (χ0) is 15.7. The van der Waals surface area contributed by atoms with Gasteiger partial charge in [-0.2, -0.15) is 4.31 Å². The molecule has 5 nitrogen and oxygen atoms in total. The summed E-state index contributed by atoms with van der Waals surface area (Å²) < 4.78 is 40.9. The van der Waals surface area contributed by atoms with Crippen LogP contribution in [0.15, 0.2) is 29.2 Å². The highest BCUT2D eigenvalue weighted by atomic mass is 32.2. The number of nitrogens with zero attached hydrogens (tertiary/aromatic N) is 2. The van der Waals surface area contributed by atoms with Gasteiger partial charge in [-0.3, -0.25) is 0 Å². The summed E-state index contributed by atoms with van der Waals surface area (Å²) in [7, 11) is 0.00911. The van der Waals surface area contributed by atoms with Crippen LogP contribution < -0.4 is 10.2 Å². The Morgan fingerprint density at radius 3 is 2.76 bits per heavy atom. The van der Waals surface area contributed by atoms with Gasteiger partial charge in [0.1, 0.15) is 5.67 Å². The Morgan fingerprint density at radius 1 is 1.38 bits per heavy atom. The van der Waals surface area contributed by atoms with Crippen molar-refractivity contribution in [1.82, 2.24) is 9.62 Å². The second-order valence-electron chi connectivity index (χ2n) is 5.82. The molecule has 1 atom stereocenters. The van der Waals surface area contributed by atoms with Crippen molar-refractivity contribution in [2.75, 3.05) is 45.2 Å². The molecule has 1 aliphatic rings. The molecule has 1 aromatic carbocycles. The molecule has 0 spiro atoms. The van der Waals surface area contributed by atoms with E-state index in [1.165, 1.54) is 11.2 Å². The minimum absolute atomic E-state index is 0.130. The normalized spacial score (nSPS) is 24.6. The zero-order valence-corrected chi connectivity index (χ0v) is 13.5. The SMILES string of the molecule is CN(C)c1cccc(S(=O)(=O)N2CCNCC(C)(F)C2)c1. The molecule has 1 aliphatic heterocycles. The van der Waals surface area contributed by atoms with E-state index in [0.29, 0.717) is 6.54 Å². The number of hydrogen-bond acceptors (Lipinski definition) is 4. The van der Waals surface area contributed by atoms with Crippen LogP contribution in [-0.2, 0) is 10.0 Å². The van der Waals surface area contributed by atoms with E-state index in [0.717, 1.165) is 5.69 Å². The van der Waals surface area contributed by atoms with Gasteiger partial charge in [-0.25, -0.2) is 12.8 Å². The van der Waals surface area contributed by atoms with Crippen molar-refractivity contribution < 1.29 is 12.8 Å². The molecule has 1 N–H and O–H groups in total. The zero-order valence-electron chi connectivity index (χ0n) is 12.6. The Bertz CT molecular complexity index is 602. The maximum Gasteiger partial charge on any atom is 0.243 e. The predicted octanol–water partition coefficient (Wildman–Crippen LogP) is 1.07. The second-order valence-corrected chi connectivity index (χ2v) is 7.76. The number of benzene rings is 1. The maximum absolute atomic E-state index is 14.3. The molecule has 0 radical (unpaired) electrons. The van der Waals surface area contributed by atoms with Crippen molar-refractivity contribution in [1.29, 1.82) is 0 Å². The van der Waals surface area contributed by atoms with E-state index in [1.807, 2.05) is 25.1 Å². The third-order valence-corrected chi connectivity index (χ3v) is 5.35. The van der Waals surface area contributed by atoms with E-state index in [-0.39, 0.29) is 24.5 Å². The van der Waals surface area contributed by atoms with Crippen LogP contribution in [-0.4, -0.2) is 58.7 Å². The molecule has 0 saturated carbocycles. The summed E-state index contributed by atoms with van der Waals surface area (Å²) >= 11 is 0. The van der Waals surface area contributed by atoms with Crippen molar-refractivity contribution in [3.05, 3.63) is 24.3 Å². The molecule has 1 heterocycles. The standard InChI is InChI=1S/C14H22FN3O2S/c1-14(15)10-16-7-8-18(11-14)21(19,20)13-6-4-5-12(9-13)17(2)3/h4-6,9,16H,7-8,10-11H2,1-3H3. The number of sulfonamides is 1. The number of hydrogen-bond donors (Lipinski definition) is 1. The minimum atomic E-state index is -3.69. The Hall–Kier alpha value is -1.18. The van der Waals surface area contributed by atoms with E-state index in [2.05, 4.69) is 5.32 Å². The number of alkyl halides is 1. The lowest BCUT2D eigenvalue weighted by Gasteiger charge is -2.26. The van der Waals surface area contributed by atoms with Crippen molar-refractivity contribution in [3.63, 3.8) is 0 Å². The third-order valence-electron chi connectivity index (χ3n) is 3.51. The summed E-state index contributed by atoms with van der Waals surface area (Å²) in [4.78, 5) is 2.04. The minimum Gasteiger partial charge on any atom is -0.378 e. The molecule has 1 aromatic rings. The first kappa shape index (κ1) is 16.2. The van der Waals surface area contributed by atoms with Crippen LogP contribution in [0.25, 0.3) is 0 Å². The van der Waals surface area contributed by atoms with Crippen LogP contribution in [0.1, 0.15) is 6.92 Å². The molecule has 118 valence electrons. The average Bonchev–Trinajstić information content (AvgIpc) is 2.60. The van der Waals surface area contributed by atoms with Crippen molar-refractivity contribution in [3.8, 4) is 0 Å². The van der Waals surface area contributed by atoms with Crippen molar-refractivity contribution >= 4 is 15.7 Å². The third kappa shape index (κ3) is 3.72. The Balaban J connectivity index is 2.34. The smallest absolute Gasteiger partial charge is 0.243 e. The molecule has 0 bridgehead atoms. The van der Waals surface area contributed by atoms with Gasteiger partial charge in [0.2, 0.25) is 10.0 Å². The molecule has 1 unspecified atom stereocenters. The van der Waals surface area contributed by atoms with Crippen LogP contribution >= 0.6 is 0 Å². The maximum atomic E-state index is 14.3. The molecule has 1 fully saturated rings. The lowest BCUT2D eigenvalue weighted by atomic mass is 10.1. The van der Waals surface area contributed by atoms with E-state index in [9.17, 15) is 12.8 Å². The van der Waals surface area contributed by atoms with Gasteiger partial charge in [0.25, 0.3) is 0 Å². The molecule has 2 rings (SSSR count). The highest BCUT2D eigenvalue weighted by Gasteiger charge is 2.35. The first-order chi connectivity index (χ1) is 9.72. The topological polar surface area (TPSA) is 52.7 Å². The van der Waals surface area contributed by atoms with Gasteiger partial charge in [-0.05, 0) is 25.1 Å². The molecule has 0 amide bonds. The highest BCUT2D eigenvalue weighted by Crippen LogP contribution is 2.24. The summed E-state index contributed by atoms with van der Waals surface area (Å²) in [6.07, 6.45) is 0. The fraction of sp³-hybridized carbons (Fsp3) is 0.571. The summed E-state index contributed by atoms with van der Waals surface area (Å²) in [6, 6.07) is 6.70. The van der Waals surface area contributed by atoms with Gasteiger partial charge >= 0.3 is 0 Å². The van der Waals surface area contributed by atoms with Crippen molar-refractivity contribution in [2.45, 2.75) is 17.5 Å². The summed E-state index contributed by atoms with van der Waals surface area (Å²) in [5, 5.41) is 2.93. The lowest BCUT2D eigenvalue weighted by Crippen LogP contribution is -2.42. The van der Waals surface area contributed by atoms with Gasteiger partial charge in [0.05, 0.1) is 4.90 Å². The van der Waals surface area contributed by atoms with Crippen LogP contribution in [0, 0.1) is 0 Å². The second kappa shape index (κ2) is 5.90. The van der Waals surface area contributed by atoms with Gasteiger partial charge < -0.3 is 10.2 Å². The van der Waals surface area contributed by atoms with E-state index >= 15 is 0 Å². The first-order valence-corrected chi connectivity index (χ1v) is 8.34. The fourth-order valence-electron chi connectivity index (χ4n) is 2.33. The monoisotopic (exact) mass is 315 g/mol. The fourth-order valence-corrected chi connectivity index (χ4v) is 3.92. The van der Waals surface area contributed by atoms with E-state index < -0.39 is 15.7 Å². The van der Waals surface area contributed by atoms with Crippen LogP contribution in [0.4, 0.5) is 10.1 Å². The van der Waals surface area contributed by atoms with Crippen LogP contribution in [0.2, 0.25) is 0 Å².